The second kappa shape index (κ2) is 2.93. The summed E-state index contributed by atoms with van der Waals surface area (Å²) in [6.45, 7) is 9.19. The van der Waals surface area contributed by atoms with E-state index in [1.165, 1.54) is 25.7 Å². The van der Waals surface area contributed by atoms with E-state index in [0.717, 1.165) is 5.92 Å². The van der Waals surface area contributed by atoms with Crippen molar-refractivity contribution in [3.63, 3.8) is 0 Å². The van der Waals surface area contributed by atoms with Crippen LogP contribution in [0.25, 0.3) is 0 Å². The maximum Gasteiger partial charge on any atom is 0.0659 e. The number of rotatable bonds is 0. The molecule has 3 rings (SSSR count). The Morgan fingerprint density at radius 3 is 2.44 bits per heavy atom. The maximum absolute atomic E-state index is 10.5. The summed E-state index contributed by atoms with van der Waals surface area (Å²) in [5, 5.41) is 10.5. The van der Waals surface area contributed by atoms with Gasteiger partial charge in [-0.2, -0.15) is 0 Å². The number of hydrogen-bond donors (Lipinski definition) is 1. The zero-order valence-corrected chi connectivity index (χ0v) is 11.0. The third-order valence-electron chi connectivity index (χ3n) is 5.78. The molecule has 1 heteroatoms. The summed E-state index contributed by atoms with van der Waals surface area (Å²) < 4.78 is 0. The molecule has 0 amide bonds. The van der Waals surface area contributed by atoms with E-state index in [1.54, 1.807) is 11.1 Å². The van der Waals surface area contributed by atoms with Crippen molar-refractivity contribution in [3.8, 4) is 0 Å². The van der Waals surface area contributed by atoms with Gasteiger partial charge in [0.25, 0.3) is 0 Å². The molecule has 1 nitrogen and oxygen atoms in total. The van der Waals surface area contributed by atoms with Crippen molar-refractivity contribution < 1.29 is 5.11 Å². The third-order valence-corrected chi connectivity index (χ3v) is 5.78. The second-order valence-corrected chi connectivity index (χ2v) is 7.35. The van der Waals surface area contributed by atoms with E-state index >= 15 is 0 Å². The molecule has 0 aromatic carbocycles. The molecule has 0 radical (unpaired) electrons. The summed E-state index contributed by atoms with van der Waals surface area (Å²) in [5.74, 6) is 1.21. The molecule has 0 unspecified atom stereocenters. The van der Waals surface area contributed by atoms with Crippen molar-refractivity contribution >= 4 is 0 Å². The monoisotopic (exact) mass is 220 g/mol. The van der Waals surface area contributed by atoms with Gasteiger partial charge in [0, 0.05) is 5.92 Å². The average molecular weight is 220 g/mol. The van der Waals surface area contributed by atoms with E-state index in [0.29, 0.717) is 11.3 Å². The quantitative estimate of drug-likeness (QED) is 0.619. The van der Waals surface area contributed by atoms with Crippen LogP contribution in [-0.2, 0) is 0 Å². The highest BCUT2D eigenvalue weighted by Gasteiger charge is 2.55. The van der Waals surface area contributed by atoms with Crippen LogP contribution in [0.5, 0.6) is 0 Å². The van der Waals surface area contributed by atoms with Gasteiger partial charge in [0.05, 0.1) is 6.10 Å². The minimum atomic E-state index is -0.116. The Labute approximate surface area is 98.9 Å². The first-order valence-corrected chi connectivity index (χ1v) is 6.73. The van der Waals surface area contributed by atoms with Gasteiger partial charge in [0.15, 0.2) is 0 Å². The van der Waals surface area contributed by atoms with Gasteiger partial charge >= 0.3 is 0 Å². The Hall–Kier alpha value is -0.300. The molecule has 3 aliphatic rings. The Balaban J connectivity index is 2.02. The first-order chi connectivity index (χ1) is 7.35. The van der Waals surface area contributed by atoms with Crippen molar-refractivity contribution in [2.24, 2.45) is 22.7 Å². The topological polar surface area (TPSA) is 20.2 Å². The van der Waals surface area contributed by atoms with Crippen LogP contribution in [0, 0.1) is 22.7 Å². The molecular weight excluding hydrogens is 196 g/mol. The fourth-order valence-corrected chi connectivity index (χ4v) is 4.81. The van der Waals surface area contributed by atoms with E-state index in [-0.39, 0.29) is 11.5 Å². The molecule has 2 saturated carbocycles. The molecule has 0 spiro atoms. The smallest absolute Gasteiger partial charge is 0.0659 e. The summed E-state index contributed by atoms with van der Waals surface area (Å²) in [6, 6.07) is 0. The molecule has 1 N–H and O–H groups in total. The third kappa shape index (κ3) is 1.16. The molecule has 16 heavy (non-hydrogen) atoms. The van der Waals surface area contributed by atoms with Gasteiger partial charge < -0.3 is 5.11 Å². The number of hydrogen-bond acceptors (Lipinski definition) is 1. The van der Waals surface area contributed by atoms with Crippen LogP contribution >= 0.6 is 0 Å². The predicted molar refractivity (Wildman–Crippen MR) is 66.0 cm³/mol. The maximum atomic E-state index is 10.5. The summed E-state index contributed by atoms with van der Waals surface area (Å²) in [7, 11) is 0. The molecule has 90 valence electrons. The molecule has 4 atom stereocenters. The number of aliphatic hydroxyl groups excluding tert-OH is 1. The minimum Gasteiger partial charge on any atom is -0.392 e. The summed E-state index contributed by atoms with van der Waals surface area (Å²) >= 11 is 0. The highest BCUT2D eigenvalue weighted by atomic mass is 16.3. The lowest BCUT2D eigenvalue weighted by atomic mass is 9.54. The molecule has 0 heterocycles. The van der Waals surface area contributed by atoms with Crippen LogP contribution in [0.2, 0.25) is 0 Å². The molecule has 0 saturated heterocycles. The van der Waals surface area contributed by atoms with Crippen LogP contribution < -0.4 is 0 Å². The van der Waals surface area contributed by atoms with Crippen LogP contribution in [0.1, 0.15) is 53.4 Å². The fraction of sp³-hybridized carbons (Fsp3) is 0.867. The van der Waals surface area contributed by atoms with Gasteiger partial charge in [-0.1, -0.05) is 31.9 Å². The van der Waals surface area contributed by atoms with Crippen molar-refractivity contribution in [2.45, 2.75) is 59.5 Å². The molecule has 0 aliphatic heterocycles. The molecule has 0 aromatic heterocycles. The summed E-state index contributed by atoms with van der Waals surface area (Å²) in [5.41, 5.74) is 3.86. The Bertz CT molecular complexity index is 366. The van der Waals surface area contributed by atoms with E-state index in [4.69, 9.17) is 0 Å². The SMILES string of the molecule is CC1=C2CC[C@]2(C)C[C@@H]2CC(C)(C)[C@@H](O)[C@@H]12. The lowest BCUT2D eigenvalue weighted by Gasteiger charge is -2.51. The van der Waals surface area contributed by atoms with E-state index in [2.05, 4.69) is 27.7 Å². The Morgan fingerprint density at radius 1 is 1.19 bits per heavy atom. The van der Waals surface area contributed by atoms with Crippen molar-refractivity contribution in [2.75, 3.05) is 0 Å². The van der Waals surface area contributed by atoms with Gasteiger partial charge in [0.1, 0.15) is 0 Å². The van der Waals surface area contributed by atoms with Gasteiger partial charge in [-0.15, -0.1) is 0 Å². The predicted octanol–water partition coefficient (Wildman–Crippen LogP) is 3.53. The first-order valence-electron chi connectivity index (χ1n) is 6.73. The molecular formula is C15H24O. The normalized spacial score (nSPS) is 49.7. The van der Waals surface area contributed by atoms with Crippen molar-refractivity contribution in [1.29, 1.82) is 0 Å². The fourth-order valence-electron chi connectivity index (χ4n) is 4.81. The highest BCUT2D eigenvalue weighted by molar-refractivity contribution is 5.35. The van der Waals surface area contributed by atoms with Gasteiger partial charge in [-0.3, -0.25) is 0 Å². The number of fused-ring (bicyclic) bond motifs is 2. The summed E-state index contributed by atoms with van der Waals surface area (Å²) in [6.07, 6.45) is 5.08. The molecule has 0 aromatic rings. The molecule has 3 aliphatic carbocycles. The van der Waals surface area contributed by atoms with Crippen LogP contribution in [0.4, 0.5) is 0 Å². The Kier molecular flexibility index (Phi) is 1.98. The van der Waals surface area contributed by atoms with Crippen LogP contribution in [-0.4, -0.2) is 11.2 Å². The van der Waals surface area contributed by atoms with Gasteiger partial charge in [-0.25, -0.2) is 0 Å². The number of allylic oxidation sites excluding steroid dienone is 1. The zero-order valence-electron chi connectivity index (χ0n) is 11.0. The van der Waals surface area contributed by atoms with Gasteiger partial charge in [-0.05, 0) is 49.4 Å². The standard InChI is InChI=1S/C15H24O/c1-9-11-5-6-15(11,4)8-10-7-14(2,3)13(16)12(9)10/h10,12-13,16H,5-8H2,1-4H3/t10-,12-,13-,15+/m0/s1. The number of aliphatic hydroxyl groups is 1. The zero-order chi connectivity index (χ0) is 11.7. The summed E-state index contributed by atoms with van der Waals surface area (Å²) in [4.78, 5) is 0. The van der Waals surface area contributed by atoms with E-state index in [1.807, 2.05) is 0 Å². The van der Waals surface area contributed by atoms with Crippen LogP contribution in [0.15, 0.2) is 11.1 Å². The van der Waals surface area contributed by atoms with Crippen molar-refractivity contribution in [3.05, 3.63) is 11.1 Å². The van der Waals surface area contributed by atoms with E-state index in [9.17, 15) is 5.11 Å². The molecule has 2 fully saturated rings. The Morgan fingerprint density at radius 2 is 1.88 bits per heavy atom. The minimum absolute atomic E-state index is 0.116. The lowest BCUT2D eigenvalue weighted by Crippen LogP contribution is -2.41. The first kappa shape index (κ1) is 10.8. The van der Waals surface area contributed by atoms with Gasteiger partial charge in [0.2, 0.25) is 0 Å². The second-order valence-electron chi connectivity index (χ2n) is 7.35. The largest absolute Gasteiger partial charge is 0.392 e. The average Bonchev–Trinajstić information content (AvgIpc) is 2.34. The van der Waals surface area contributed by atoms with Crippen LogP contribution in [0.3, 0.4) is 0 Å². The highest BCUT2D eigenvalue weighted by Crippen LogP contribution is 2.63. The molecule has 0 bridgehead atoms. The van der Waals surface area contributed by atoms with Crippen molar-refractivity contribution in [1.82, 2.24) is 0 Å². The lowest BCUT2D eigenvalue weighted by molar-refractivity contribution is 0.0452. The van der Waals surface area contributed by atoms with E-state index < -0.39 is 0 Å².